The largest absolute Gasteiger partial charge is 0.376 e. The topological polar surface area (TPSA) is 64.1 Å². The second kappa shape index (κ2) is 7.77. The quantitative estimate of drug-likeness (QED) is 0.864. The van der Waals surface area contributed by atoms with Crippen molar-refractivity contribution in [3.63, 3.8) is 0 Å². The predicted octanol–water partition coefficient (Wildman–Crippen LogP) is 4.10. The number of anilines is 1. The maximum absolute atomic E-state index is 12.6. The van der Waals surface area contributed by atoms with Crippen molar-refractivity contribution in [3.8, 4) is 0 Å². The van der Waals surface area contributed by atoms with Gasteiger partial charge < -0.3 is 10.1 Å². The van der Waals surface area contributed by atoms with Gasteiger partial charge in [0.25, 0.3) is 0 Å². The maximum Gasteiger partial charge on any atom is 0.222 e. The van der Waals surface area contributed by atoms with Crippen LogP contribution >= 0.6 is 0 Å². The molecule has 0 spiro atoms. The van der Waals surface area contributed by atoms with Crippen LogP contribution in [0.3, 0.4) is 0 Å². The minimum Gasteiger partial charge on any atom is -0.376 e. The fourth-order valence-electron chi connectivity index (χ4n) is 3.93. The van der Waals surface area contributed by atoms with Gasteiger partial charge in [-0.15, -0.1) is 0 Å². The molecule has 2 aromatic rings. The van der Waals surface area contributed by atoms with Crippen LogP contribution in [-0.4, -0.2) is 35.0 Å². The smallest absolute Gasteiger partial charge is 0.222 e. The van der Waals surface area contributed by atoms with Crippen LogP contribution in [0.1, 0.15) is 72.1 Å². The average molecular weight is 365 g/mol. The van der Waals surface area contributed by atoms with Crippen molar-refractivity contribution < 1.29 is 9.53 Å². The minimum atomic E-state index is 0.139. The van der Waals surface area contributed by atoms with Crippen molar-refractivity contribution in [2.75, 3.05) is 18.5 Å². The van der Waals surface area contributed by atoms with Gasteiger partial charge >= 0.3 is 0 Å². The molecule has 0 bridgehead atoms. The molecule has 1 aliphatic heterocycles. The molecule has 2 atom stereocenters. The van der Waals surface area contributed by atoms with Crippen LogP contribution in [0.25, 0.3) is 0 Å². The molecule has 5 nitrogen and oxygen atoms in total. The molecule has 5 heteroatoms. The number of aromatic nitrogens is 2. The molecule has 1 saturated heterocycles. The number of rotatable bonds is 5. The van der Waals surface area contributed by atoms with Crippen molar-refractivity contribution in [3.05, 3.63) is 52.8 Å². The van der Waals surface area contributed by atoms with Gasteiger partial charge in [-0.05, 0) is 42.2 Å². The maximum atomic E-state index is 12.6. The highest BCUT2D eigenvalue weighted by Crippen LogP contribution is 2.32. The zero-order valence-electron chi connectivity index (χ0n) is 16.1. The number of nitrogens with zero attached hydrogens (tertiary/aromatic N) is 2. The fraction of sp³-hybridized carbons (Fsp3) is 0.500. The van der Waals surface area contributed by atoms with Crippen molar-refractivity contribution in [2.45, 2.75) is 57.5 Å². The van der Waals surface area contributed by atoms with E-state index in [1.807, 2.05) is 0 Å². The lowest BCUT2D eigenvalue weighted by molar-refractivity contribution is 0.0962. The number of carbonyl (C=O) groups is 1. The summed E-state index contributed by atoms with van der Waals surface area (Å²) in [5, 5.41) is 3.27. The molecule has 0 unspecified atom stereocenters. The van der Waals surface area contributed by atoms with Gasteiger partial charge in [0.1, 0.15) is 0 Å². The number of carbonyl (C=O) groups excluding carboxylic acids is 1. The van der Waals surface area contributed by atoms with Crippen LogP contribution in [0.2, 0.25) is 0 Å². The summed E-state index contributed by atoms with van der Waals surface area (Å²) >= 11 is 0. The van der Waals surface area contributed by atoms with E-state index in [4.69, 9.17) is 4.74 Å². The summed E-state index contributed by atoms with van der Waals surface area (Å²) < 4.78 is 5.63. The predicted molar refractivity (Wildman–Crippen MR) is 105 cm³/mol. The molecule has 142 valence electrons. The highest BCUT2D eigenvalue weighted by Gasteiger charge is 2.28. The third-order valence-corrected chi connectivity index (χ3v) is 5.63. The van der Waals surface area contributed by atoms with Crippen LogP contribution in [-0.2, 0) is 11.2 Å². The number of hydrogen-bond donors (Lipinski definition) is 1. The van der Waals surface area contributed by atoms with Crippen molar-refractivity contribution in [1.82, 2.24) is 9.97 Å². The van der Waals surface area contributed by atoms with Crippen LogP contribution in [0, 0.1) is 0 Å². The number of benzene rings is 1. The lowest BCUT2D eigenvalue weighted by Crippen LogP contribution is -2.23. The third-order valence-electron chi connectivity index (χ3n) is 5.63. The van der Waals surface area contributed by atoms with E-state index in [9.17, 15) is 4.79 Å². The van der Waals surface area contributed by atoms with Gasteiger partial charge in [-0.3, -0.25) is 4.79 Å². The summed E-state index contributed by atoms with van der Waals surface area (Å²) in [7, 11) is 0. The van der Waals surface area contributed by atoms with E-state index in [0.717, 1.165) is 31.6 Å². The second-order valence-electron chi connectivity index (χ2n) is 7.92. The van der Waals surface area contributed by atoms with Crippen LogP contribution in [0.5, 0.6) is 0 Å². The molecule has 27 heavy (non-hydrogen) atoms. The zero-order valence-corrected chi connectivity index (χ0v) is 16.1. The van der Waals surface area contributed by atoms with Gasteiger partial charge in [0.15, 0.2) is 5.78 Å². The highest BCUT2D eigenvalue weighted by atomic mass is 16.5. The Kier molecular flexibility index (Phi) is 5.21. The normalized spacial score (nSPS) is 22.1. The number of ether oxygens (including phenoxy) is 1. The van der Waals surface area contributed by atoms with Crippen LogP contribution < -0.4 is 5.32 Å². The van der Waals surface area contributed by atoms with E-state index in [1.54, 1.807) is 6.20 Å². The summed E-state index contributed by atoms with van der Waals surface area (Å²) in [6.07, 6.45) is 5.41. The van der Waals surface area contributed by atoms with Crippen molar-refractivity contribution in [1.29, 1.82) is 0 Å². The molecule has 1 aromatic carbocycles. The first-order valence-electron chi connectivity index (χ1n) is 9.94. The van der Waals surface area contributed by atoms with Gasteiger partial charge in [0.2, 0.25) is 5.95 Å². The molecule has 1 aliphatic carbocycles. The molecule has 2 aliphatic rings. The van der Waals surface area contributed by atoms with E-state index >= 15 is 0 Å². The molecular formula is C22H27N3O2. The number of fused-ring (bicyclic) bond motifs is 1. The Morgan fingerprint density at radius 2 is 2.04 bits per heavy atom. The molecule has 4 rings (SSSR count). The lowest BCUT2D eigenvalue weighted by atomic mass is 9.81. The Morgan fingerprint density at radius 1 is 1.22 bits per heavy atom. The van der Waals surface area contributed by atoms with Gasteiger partial charge in [-0.25, -0.2) is 9.97 Å². The van der Waals surface area contributed by atoms with Gasteiger partial charge in [-0.2, -0.15) is 0 Å². The zero-order chi connectivity index (χ0) is 18.8. The number of ketones is 1. The number of hydrogen-bond acceptors (Lipinski definition) is 5. The van der Waals surface area contributed by atoms with Crippen molar-refractivity contribution >= 4 is 11.7 Å². The number of nitrogens with one attached hydrogen (secondary N) is 1. The first-order valence-corrected chi connectivity index (χ1v) is 9.94. The first-order chi connectivity index (χ1) is 13.1. The van der Waals surface area contributed by atoms with E-state index in [0.29, 0.717) is 30.4 Å². The molecule has 0 amide bonds. The molecule has 2 heterocycles. The highest BCUT2D eigenvalue weighted by molar-refractivity contribution is 5.98. The van der Waals surface area contributed by atoms with E-state index in [-0.39, 0.29) is 17.8 Å². The van der Waals surface area contributed by atoms with Crippen LogP contribution in [0.4, 0.5) is 5.95 Å². The SMILES string of the molecule is CC(C)c1ccc([C@@H]2CC(=O)c3cnc(NC[C@H]4CCCO4)nc3C2)cc1. The van der Waals surface area contributed by atoms with E-state index in [1.165, 1.54) is 11.1 Å². The second-order valence-corrected chi connectivity index (χ2v) is 7.92. The Balaban J connectivity index is 1.49. The first kappa shape index (κ1) is 18.1. The number of Topliss-reactive ketones (excluding diaryl/α,β-unsaturated/α-hetero) is 1. The average Bonchev–Trinajstić information content (AvgIpc) is 3.20. The van der Waals surface area contributed by atoms with E-state index in [2.05, 4.69) is 53.4 Å². The van der Waals surface area contributed by atoms with Crippen molar-refractivity contribution in [2.24, 2.45) is 0 Å². The monoisotopic (exact) mass is 365 g/mol. The third kappa shape index (κ3) is 4.03. The van der Waals surface area contributed by atoms with Crippen LogP contribution in [0.15, 0.2) is 30.5 Å². The summed E-state index contributed by atoms with van der Waals surface area (Å²) in [5.74, 6) is 1.43. The Hall–Kier alpha value is -2.27. The molecule has 1 aromatic heterocycles. The molecule has 1 N–H and O–H groups in total. The lowest BCUT2D eigenvalue weighted by Gasteiger charge is -2.24. The van der Waals surface area contributed by atoms with Gasteiger partial charge in [0.05, 0.1) is 17.4 Å². The minimum absolute atomic E-state index is 0.139. The Labute approximate surface area is 160 Å². The van der Waals surface area contributed by atoms with Gasteiger partial charge in [-0.1, -0.05) is 38.1 Å². The Bertz CT molecular complexity index is 811. The van der Waals surface area contributed by atoms with E-state index < -0.39 is 0 Å². The molecule has 1 fully saturated rings. The molecule has 0 radical (unpaired) electrons. The standard InChI is InChI=1S/C22H27N3O2/c1-14(2)15-5-7-16(8-6-15)17-10-20-19(21(26)11-17)13-24-22(25-20)23-12-18-4-3-9-27-18/h5-8,13-14,17-18H,3-4,9-12H2,1-2H3,(H,23,24,25)/t17-,18+/m0/s1. The summed E-state index contributed by atoms with van der Waals surface area (Å²) in [6.45, 7) is 5.94. The summed E-state index contributed by atoms with van der Waals surface area (Å²) in [4.78, 5) is 21.6. The molecular weight excluding hydrogens is 338 g/mol. The molecule has 0 saturated carbocycles. The fourth-order valence-corrected chi connectivity index (χ4v) is 3.93. The Morgan fingerprint density at radius 3 is 2.74 bits per heavy atom. The summed E-state index contributed by atoms with van der Waals surface area (Å²) in [5.41, 5.74) is 4.07. The summed E-state index contributed by atoms with van der Waals surface area (Å²) in [6, 6.07) is 8.68. The van der Waals surface area contributed by atoms with Gasteiger partial charge in [0, 0.05) is 25.8 Å².